The second-order valence-corrected chi connectivity index (χ2v) is 7.61. The highest BCUT2D eigenvalue weighted by molar-refractivity contribution is 5.61. The third-order valence-electron chi connectivity index (χ3n) is 6.13. The molecule has 1 unspecified atom stereocenters. The number of nitrogens with zero attached hydrogens (tertiary/aromatic N) is 4. The van der Waals surface area contributed by atoms with E-state index in [2.05, 4.69) is 31.9 Å². The molecule has 7 heteroatoms. The molecule has 7 nitrogen and oxygen atoms in total. The molecule has 1 saturated carbocycles. The van der Waals surface area contributed by atoms with Crippen LogP contribution in [0.1, 0.15) is 37.4 Å². The van der Waals surface area contributed by atoms with Gasteiger partial charge in [-0.3, -0.25) is 10.4 Å². The Kier molecular flexibility index (Phi) is 4.07. The van der Waals surface area contributed by atoms with Crippen LogP contribution < -0.4 is 11.0 Å². The van der Waals surface area contributed by atoms with E-state index in [-0.39, 0.29) is 0 Å². The van der Waals surface area contributed by atoms with Crippen LogP contribution in [0.15, 0.2) is 18.6 Å². The topological polar surface area (TPSA) is 67.2 Å². The largest absolute Gasteiger partial charge is 0.379 e. The molecule has 0 aromatic heterocycles. The maximum atomic E-state index is 5.47. The lowest BCUT2D eigenvalue weighted by Crippen LogP contribution is -2.40. The molecule has 1 saturated heterocycles. The van der Waals surface area contributed by atoms with Crippen molar-refractivity contribution in [2.24, 2.45) is 11.8 Å². The van der Waals surface area contributed by atoms with E-state index in [9.17, 15) is 0 Å². The van der Waals surface area contributed by atoms with Crippen molar-refractivity contribution in [3.05, 3.63) is 24.3 Å². The fourth-order valence-electron chi connectivity index (χ4n) is 4.74. The van der Waals surface area contributed by atoms with Gasteiger partial charge in [-0.1, -0.05) is 0 Å². The average Bonchev–Trinajstić information content (AvgIpc) is 3.29. The monoisotopic (exact) mass is 342 g/mol. The van der Waals surface area contributed by atoms with Crippen LogP contribution in [-0.2, 0) is 4.74 Å². The van der Waals surface area contributed by atoms with E-state index >= 15 is 0 Å². The highest BCUT2D eigenvalue weighted by Gasteiger charge is 2.36. The van der Waals surface area contributed by atoms with Gasteiger partial charge < -0.3 is 4.74 Å². The van der Waals surface area contributed by atoms with Gasteiger partial charge in [-0.25, -0.2) is 20.1 Å². The van der Waals surface area contributed by atoms with Crippen molar-refractivity contribution in [1.82, 2.24) is 25.0 Å². The molecule has 5 rings (SSSR count). The maximum absolute atomic E-state index is 5.47. The van der Waals surface area contributed by atoms with E-state index in [1.54, 1.807) is 0 Å². The smallest absolute Gasteiger partial charge is 0.162 e. The molecule has 4 aliphatic heterocycles. The van der Waals surface area contributed by atoms with E-state index in [1.807, 2.05) is 17.2 Å². The molecule has 0 aromatic rings. The number of ether oxygens (including phenoxy) is 1. The molecule has 4 heterocycles. The van der Waals surface area contributed by atoms with Crippen LogP contribution in [-0.4, -0.2) is 52.4 Å². The lowest BCUT2D eigenvalue weighted by atomic mass is 9.77. The molecule has 5 aliphatic rings. The molecular weight excluding hydrogens is 316 g/mol. The first kappa shape index (κ1) is 15.5. The average molecular weight is 342 g/mol. The van der Waals surface area contributed by atoms with Gasteiger partial charge in [0.1, 0.15) is 6.33 Å². The number of hydrogen-bond donors (Lipinski definition) is 2. The minimum atomic E-state index is 0.346. The molecule has 134 valence electrons. The molecule has 2 N–H and O–H groups in total. The quantitative estimate of drug-likeness (QED) is 0.884. The van der Waals surface area contributed by atoms with E-state index < -0.39 is 0 Å². The minimum Gasteiger partial charge on any atom is -0.379 e. The Hall–Kier alpha value is -1.70. The van der Waals surface area contributed by atoms with Gasteiger partial charge in [0.25, 0.3) is 0 Å². The Balaban J connectivity index is 1.25. The fraction of sp³-hybridized carbons (Fsp3) is 0.667. The number of fused-ring (bicyclic) bond motifs is 3. The van der Waals surface area contributed by atoms with Crippen molar-refractivity contribution in [2.75, 3.05) is 38.4 Å². The van der Waals surface area contributed by atoms with Gasteiger partial charge in [0, 0.05) is 31.4 Å². The van der Waals surface area contributed by atoms with Crippen molar-refractivity contribution in [3.63, 3.8) is 0 Å². The summed E-state index contributed by atoms with van der Waals surface area (Å²) < 4.78 is 7.49. The predicted molar refractivity (Wildman–Crippen MR) is 94.6 cm³/mol. The summed E-state index contributed by atoms with van der Waals surface area (Å²) >= 11 is 0. The summed E-state index contributed by atoms with van der Waals surface area (Å²) in [4.78, 5) is 11.3. The van der Waals surface area contributed by atoms with Crippen LogP contribution >= 0.6 is 0 Å². The predicted octanol–water partition coefficient (Wildman–Crippen LogP) is 1.62. The zero-order valence-electron chi connectivity index (χ0n) is 14.5. The summed E-state index contributed by atoms with van der Waals surface area (Å²) in [6.45, 7) is 5.26. The van der Waals surface area contributed by atoms with Gasteiger partial charge in [-0.15, -0.1) is 0 Å². The third-order valence-corrected chi connectivity index (χ3v) is 6.13. The normalized spacial score (nSPS) is 30.3. The lowest BCUT2D eigenvalue weighted by Gasteiger charge is -2.36. The standard InChI is InChI=1S/C18H26N6O/c1-3-14(4-2-13(1)11-23-7-9-25-10-8-23)16-17-15-5-6-19-18(15)20-12-24(17)22-21-16/h5-6,12-14,16,21-22H,1-4,7-11H2. The molecule has 2 fully saturated rings. The summed E-state index contributed by atoms with van der Waals surface area (Å²) in [6, 6.07) is 2.43. The van der Waals surface area contributed by atoms with Crippen molar-refractivity contribution in [2.45, 2.75) is 31.7 Å². The highest BCUT2D eigenvalue weighted by atomic mass is 16.5. The summed E-state index contributed by atoms with van der Waals surface area (Å²) in [5.41, 5.74) is 9.21. The van der Waals surface area contributed by atoms with Gasteiger partial charge in [0.05, 0.1) is 24.9 Å². The third kappa shape index (κ3) is 2.90. The van der Waals surface area contributed by atoms with Crippen LogP contribution in [0, 0.1) is 11.8 Å². The van der Waals surface area contributed by atoms with Crippen LogP contribution in [0.5, 0.6) is 0 Å². The van der Waals surface area contributed by atoms with Crippen molar-refractivity contribution < 1.29 is 4.74 Å². The minimum absolute atomic E-state index is 0.346. The summed E-state index contributed by atoms with van der Waals surface area (Å²) in [7, 11) is 0. The van der Waals surface area contributed by atoms with Crippen molar-refractivity contribution in [1.29, 1.82) is 0 Å². The molecule has 1 atom stereocenters. The molecule has 1 aliphatic carbocycles. The summed E-state index contributed by atoms with van der Waals surface area (Å²) in [6.07, 6.45) is 8.91. The maximum Gasteiger partial charge on any atom is 0.162 e. The number of morpholine rings is 1. The van der Waals surface area contributed by atoms with Gasteiger partial charge in [0.15, 0.2) is 5.82 Å². The number of aromatic nitrogens is 3. The SMILES string of the molecule is c1cc2c3n(cnc-2n1)NNC3C1CCC(CN2CCOCC2)CC1. The van der Waals surface area contributed by atoms with Gasteiger partial charge in [-0.05, 0) is 43.6 Å². The number of nitrogens with one attached hydrogen (secondary N) is 2. The Morgan fingerprint density at radius 3 is 2.80 bits per heavy atom. The van der Waals surface area contributed by atoms with Gasteiger partial charge in [-0.2, -0.15) is 0 Å². The molecule has 0 amide bonds. The first-order valence-corrected chi connectivity index (χ1v) is 9.52. The van der Waals surface area contributed by atoms with Crippen LogP contribution in [0.25, 0.3) is 11.4 Å². The van der Waals surface area contributed by atoms with Crippen LogP contribution in [0.4, 0.5) is 0 Å². The second kappa shape index (κ2) is 6.55. The molecule has 0 spiro atoms. The lowest BCUT2D eigenvalue weighted by molar-refractivity contribution is 0.0258. The Bertz CT molecular complexity index is 689. The summed E-state index contributed by atoms with van der Waals surface area (Å²) in [5, 5.41) is 0. The first-order chi connectivity index (χ1) is 12.4. The van der Waals surface area contributed by atoms with E-state index in [4.69, 9.17) is 4.74 Å². The summed E-state index contributed by atoms with van der Waals surface area (Å²) in [5.74, 6) is 2.36. The van der Waals surface area contributed by atoms with Crippen molar-refractivity contribution >= 4 is 0 Å². The Morgan fingerprint density at radius 1 is 1.12 bits per heavy atom. The van der Waals surface area contributed by atoms with Crippen LogP contribution in [0.2, 0.25) is 0 Å². The van der Waals surface area contributed by atoms with E-state index in [0.717, 1.165) is 38.0 Å². The molecular formula is C18H26N6O. The number of hydrazine groups is 1. The zero-order chi connectivity index (χ0) is 16.6. The number of hydrogen-bond acceptors (Lipinski definition) is 6. The Morgan fingerprint density at radius 2 is 1.96 bits per heavy atom. The molecule has 0 aromatic carbocycles. The molecule has 0 bridgehead atoms. The van der Waals surface area contributed by atoms with E-state index in [0.29, 0.717) is 12.0 Å². The highest BCUT2D eigenvalue weighted by Crippen LogP contribution is 2.41. The molecule has 0 radical (unpaired) electrons. The van der Waals surface area contributed by atoms with Crippen molar-refractivity contribution in [3.8, 4) is 11.4 Å². The van der Waals surface area contributed by atoms with E-state index in [1.165, 1.54) is 43.5 Å². The van der Waals surface area contributed by atoms with Crippen LogP contribution in [0.3, 0.4) is 0 Å². The first-order valence-electron chi connectivity index (χ1n) is 9.52. The fourth-order valence-corrected chi connectivity index (χ4v) is 4.74. The Labute approximate surface area is 148 Å². The van der Waals surface area contributed by atoms with Gasteiger partial charge >= 0.3 is 0 Å². The zero-order valence-corrected chi connectivity index (χ0v) is 14.5. The van der Waals surface area contributed by atoms with Gasteiger partial charge in [0.2, 0.25) is 0 Å². The number of rotatable bonds is 3. The molecule has 25 heavy (non-hydrogen) atoms. The second-order valence-electron chi connectivity index (χ2n) is 7.61.